The van der Waals surface area contributed by atoms with Crippen molar-refractivity contribution in [2.75, 3.05) is 0 Å². The van der Waals surface area contributed by atoms with E-state index in [2.05, 4.69) is 5.10 Å². The summed E-state index contributed by atoms with van der Waals surface area (Å²) in [5.41, 5.74) is 0.125. The lowest BCUT2D eigenvalue weighted by molar-refractivity contribution is -0.385. The summed E-state index contributed by atoms with van der Waals surface area (Å²) in [6.45, 7) is 1.50. The van der Waals surface area contributed by atoms with Crippen molar-refractivity contribution in [3.8, 4) is 0 Å². The van der Waals surface area contributed by atoms with Gasteiger partial charge in [-0.05, 0) is 19.1 Å². The highest BCUT2D eigenvalue weighted by molar-refractivity contribution is 7.89. The number of aryl methyl sites for hydroxylation is 1. The molecule has 0 amide bonds. The van der Waals surface area contributed by atoms with Crippen molar-refractivity contribution in [3.05, 3.63) is 69.5 Å². The number of nitrogens with one attached hydrogen (secondary N) is 1. The Bertz CT molecular complexity index is 881. The third kappa shape index (κ3) is 3.89. The summed E-state index contributed by atoms with van der Waals surface area (Å²) in [6.07, 6.45) is 1.01. The molecule has 0 saturated carbocycles. The molecule has 0 aliphatic heterocycles. The van der Waals surface area contributed by atoms with Crippen molar-refractivity contribution in [2.24, 2.45) is 5.10 Å². The van der Waals surface area contributed by atoms with Gasteiger partial charge in [-0.25, -0.2) is 9.22 Å². The molecule has 0 atom stereocenters. The number of sulfonamides is 1. The summed E-state index contributed by atoms with van der Waals surface area (Å²) in [5, 5.41) is 14.3. The molecule has 9 heteroatoms. The van der Waals surface area contributed by atoms with Crippen molar-refractivity contribution < 1.29 is 17.7 Å². The predicted octanol–water partition coefficient (Wildman–Crippen LogP) is 2.35. The highest BCUT2D eigenvalue weighted by Gasteiger charge is 2.19. The molecule has 2 aromatic rings. The fraction of sp³-hybridized carbons (Fsp3) is 0.0714. The number of hydrogen-bond donors (Lipinski definition) is 1. The molecular formula is C14H12FN3O4S. The average molecular weight is 337 g/mol. The third-order valence-corrected chi connectivity index (χ3v) is 4.19. The Hall–Kier alpha value is -2.81. The van der Waals surface area contributed by atoms with E-state index in [1.54, 1.807) is 6.07 Å². The third-order valence-electron chi connectivity index (χ3n) is 2.97. The minimum Gasteiger partial charge on any atom is -0.258 e. The lowest BCUT2D eigenvalue weighted by Gasteiger charge is -2.04. The topological polar surface area (TPSA) is 102 Å². The van der Waals surface area contributed by atoms with Gasteiger partial charge in [0, 0.05) is 17.2 Å². The Labute approximate surface area is 131 Å². The number of benzene rings is 2. The zero-order chi connectivity index (χ0) is 17.0. The number of hydrogen-bond acceptors (Lipinski definition) is 5. The van der Waals surface area contributed by atoms with Crippen LogP contribution in [0.4, 0.5) is 10.1 Å². The number of nitrogens with zero attached hydrogens (tertiary/aromatic N) is 2. The first kappa shape index (κ1) is 16.6. The molecule has 0 aliphatic carbocycles. The Kier molecular flexibility index (Phi) is 4.70. The van der Waals surface area contributed by atoms with E-state index in [4.69, 9.17) is 0 Å². The summed E-state index contributed by atoms with van der Waals surface area (Å²) in [5.74, 6) is -0.554. The highest BCUT2D eigenvalue weighted by Crippen LogP contribution is 2.21. The van der Waals surface area contributed by atoms with Crippen molar-refractivity contribution in [1.29, 1.82) is 0 Å². The van der Waals surface area contributed by atoms with Gasteiger partial charge in [-0.15, -0.1) is 0 Å². The maximum atomic E-state index is 13.4. The minimum atomic E-state index is -4.09. The van der Waals surface area contributed by atoms with Crippen LogP contribution in [-0.2, 0) is 10.0 Å². The van der Waals surface area contributed by atoms with Gasteiger partial charge in [-0.2, -0.15) is 13.5 Å². The van der Waals surface area contributed by atoms with Gasteiger partial charge in [0.05, 0.1) is 16.0 Å². The summed E-state index contributed by atoms with van der Waals surface area (Å²) < 4.78 is 37.5. The van der Waals surface area contributed by atoms with Gasteiger partial charge in [0.2, 0.25) is 0 Å². The lowest BCUT2D eigenvalue weighted by atomic mass is 10.2. The summed E-state index contributed by atoms with van der Waals surface area (Å²) in [7, 11) is -4.09. The number of hydrazone groups is 1. The van der Waals surface area contributed by atoms with E-state index in [-0.39, 0.29) is 16.1 Å². The van der Waals surface area contributed by atoms with E-state index in [9.17, 15) is 22.9 Å². The molecule has 0 saturated heterocycles. The number of nitro groups is 1. The SMILES string of the molecule is Cc1ccc(S(=O)(=O)N/N=C\c2ccccc2F)cc1[N+](=O)[O-]. The zero-order valence-corrected chi connectivity index (χ0v) is 12.7. The van der Waals surface area contributed by atoms with E-state index in [1.165, 1.54) is 37.3 Å². The summed E-state index contributed by atoms with van der Waals surface area (Å²) in [4.78, 5) is 11.8. The summed E-state index contributed by atoms with van der Waals surface area (Å²) in [6, 6.07) is 9.18. The summed E-state index contributed by atoms with van der Waals surface area (Å²) >= 11 is 0. The molecule has 0 radical (unpaired) electrons. The first-order valence-electron chi connectivity index (χ1n) is 6.36. The van der Waals surface area contributed by atoms with Gasteiger partial charge in [0.1, 0.15) is 5.82 Å². The first-order chi connectivity index (χ1) is 10.8. The average Bonchev–Trinajstić information content (AvgIpc) is 2.49. The van der Waals surface area contributed by atoms with Crippen LogP contribution >= 0.6 is 0 Å². The van der Waals surface area contributed by atoms with E-state index in [1.807, 2.05) is 4.83 Å². The number of halogens is 1. The maximum absolute atomic E-state index is 13.4. The highest BCUT2D eigenvalue weighted by atomic mass is 32.2. The monoisotopic (exact) mass is 337 g/mol. The molecule has 0 aliphatic rings. The standard InChI is InChI=1S/C14H12FN3O4S/c1-10-6-7-12(8-14(10)18(19)20)23(21,22)17-16-9-11-4-2-3-5-13(11)15/h2-9,17H,1H3/b16-9-. The van der Waals surface area contributed by atoms with Crippen LogP contribution in [0.2, 0.25) is 0 Å². The molecule has 0 spiro atoms. The predicted molar refractivity (Wildman–Crippen MR) is 82.1 cm³/mol. The molecule has 23 heavy (non-hydrogen) atoms. The molecule has 7 nitrogen and oxygen atoms in total. The fourth-order valence-corrected chi connectivity index (χ4v) is 2.56. The van der Waals surface area contributed by atoms with Crippen LogP contribution in [0.5, 0.6) is 0 Å². The molecule has 0 bridgehead atoms. The van der Waals surface area contributed by atoms with Crippen LogP contribution in [0.25, 0.3) is 0 Å². The van der Waals surface area contributed by atoms with Crippen molar-refractivity contribution in [1.82, 2.24) is 4.83 Å². The zero-order valence-electron chi connectivity index (χ0n) is 11.9. The quantitative estimate of drug-likeness (QED) is 0.514. The molecule has 2 aromatic carbocycles. The van der Waals surface area contributed by atoms with E-state index in [0.717, 1.165) is 12.3 Å². The fourth-order valence-electron chi connectivity index (χ4n) is 1.75. The largest absolute Gasteiger partial charge is 0.276 e. The second-order valence-corrected chi connectivity index (χ2v) is 6.24. The van der Waals surface area contributed by atoms with Crippen LogP contribution in [0, 0.1) is 22.9 Å². The normalized spacial score (nSPS) is 11.6. The van der Waals surface area contributed by atoms with Gasteiger partial charge in [0.25, 0.3) is 15.7 Å². The van der Waals surface area contributed by atoms with Crippen LogP contribution in [0.3, 0.4) is 0 Å². The molecule has 2 rings (SSSR count). The second kappa shape index (κ2) is 6.53. The Morgan fingerprint density at radius 3 is 2.61 bits per heavy atom. The van der Waals surface area contributed by atoms with Gasteiger partial charge in [-0.3, -0.25) is 10.1 Å². The molecule has 120 valence electrons. The Balaban J connectivity index is 2.24. The molecule has 1 N–H and O–H groups in total. The molecule has 0 unspecified atom stereocenters. The van der Waals surface area contributed by atoms with Gasteiger partial charge < -0.3 is 0 Å². The molecule has 0 aromatic heterocycles. The van der Waals surface area contributed by atoms with Crippen LogP contribution in [0.1, 0.15) is 11.1 Å². The van der Waals surface area contributed by atoms with Crippen LogP contribution in [-0.4, -0.2) is 19.6 Å². The first-order valence-corrected chi connectivity index (χ1v) is 7.84. The van der Waals surface area contributed by atoms with Crippen LogP contribution < -0.4 is 4.83 Å². The number of rotatable bonds is 5. The van der Waals surface area contributed by atoms with E-state index >= 15 is 0 Å². The van der Waals surface area contributed by atoms with Crippen LogP contribution in [0.15, 0.2) is 52.5 Å². The second-order valence-electron chi connectivity index (χ2n) is 4.58. The molecular weight excluding hydrogens is 325 g/mol. The minimum absolute atomic E-state index is 0.102. The van der Waals surface area contributed by atoms with E-state index < -0.39 is 20.8 Å². The molecule has 0 fully saturated rings. The van der Waals surface area contributed by atoms with Gasteiger partial charge in [-0.1, -0.05) is 24.3 Å². The number of nitro benzene ring substituents is 1. The van der Waals surface area contributed by atoms with Crippen molar-refractivity contribution in [3.63, 3.8) is 0 Å². The maximum Gasteiger partial charge on any atom is 0.276 e. The molecule has 0 heterocycles. The Morgan fingerprint density at radius 2 is 1.96 bits per heavy atom. The van der Waals surface area contributed by atoms with Gasteiger partial charge in [0.15, 0.2) is 0 Å². The Morgan fingerprint density at radius 1 is 1.26 bits per heavy atom. The van der Waals surface area contributed by atoms with Crippen molar-refractivity contribution >= 4 is 21.9 Å². The lowest BCUT2D eigenvalue weighted by Crippen LogP contribution is -2.18. The van der Waals surface area contributed by atoms with Gasteiger partial charge >= 0.3 is 0 Å². The van der Waals surface area contributed by atoms with E-state index in [0.29, 0.717) is 5.56 Å². The smallest absolute Gasteiger partial charge is 0.258 e. The van der Waals surface area contributed by atoms with Crippen molar-refractivity contribution in [2.45, 2.75) is 11.8 Å².